The van der Waals surface area contributed by atoms with Crippen LogP contribution in [0.1, 0.15) is 42.9 Å². The molecule has 2 atom stereocenters. The van der Waals surface area contributed by atoms with E-state index in [1.54, 1.807) is 7.11 Å². The van der Waals surface area contributed by atoms with Crippen molar-refractivity contribution in [2.24, 2.45) is 0 Å². The fourth-order valence-corrected chi connectivity index (χ4v) is 4.70. The first-order chi connectivity index (χ1) is 14.6. The van der Waals surface area contributed by atoms with Gasteiger partial charge in [0, 0.05) is 6.04 Å². The van der Waals surface area contributed by atoms with E-state index in [0.29, 0.717) is 12.2 Å². The molecule has 1 N–H and O–H groups in total. The monoisotopic (exact) mass is 409 g/mol. The molecule has 0 spiro atoms. The molecule has 5 nitrogen and oxygen atoms in total. The molecule has 160 valence electrons. The van der Waals surface area contributed by atoms with Crippen molar-refractivity contribution in [2.75, 3.05) is 27.0 Å². The van der Waals surface area contributed by atoms with Crippen molar-refractivity contribution in [3.05, 3.63) is 65.7 Å². The Morgan fingerprint density at radius 2 is 1.80 bits per heavy atom. The van der Waals surface area contributed by atoms with Crippen molar-refractivity contribution in [3.8, 4) is 17.2 Å². The number of methoxy groups -OCH3 is 1. The Morgan fingerprint density at radius 3 is 2.43 bits per heavy atom. The third-order valence-corrected chi connectivity index (χ3v) is 6.45. The molecule has 0 aromatic heterocycles. The SMILES string of the molecule is C=CCc1cc2c(cc1C(O)(c1ccc(OC)cc1)C(C)N1CCCCC1)OCO2. The maximum absolute atomic E-state index is 12.5. The van der Waals surface area contributed by atoms with Crippen LogP contribution in [-0.4, -0.2) is 43.0 Å². The number of piperidine rings is 1. The Balaban J connectivity index is 1.87. The molecule has 2 aliphatic heterocycles. The van der Waals surface area contributed by atoms with Crippen LogP contribution in [0.15, 0.2) is 49.1 Å². The second kappa shape index (κ2) is 8.70. The van der Waals surface area contributed by atoms with Gasteiger partial charge in [-0.1, -0.05) is 24.6 Å². The zero-order valence-corrected chi connectivity index (χ0v) is 17.9. The minimum atomic E-state index is -1.22. The van der Waals surface area contributed by atoms with Crippen molar-refractivity contribution >= 4 is 0 Å². The Morgan fingerprint density at radius 1 is 1.13 bits per heavy atom. The molecule has 5 heteroatoms. The van der Waals surface area contributed by atoms with E-state index >= 15 is 0 Å². The van der Waals surface area contributed by atoms with E-state index in [-0.39, 0.29) is 12.8 Å². The second-order valence-corrected chi connectivity index (χ2v) is 8.12. The first-order valence-corrected chi connectivity index (χ1v) is 10.7. The zero-order valence-electron chi connectivity index (χ0n) is 17.9. The summed E-state index contributed by atoms with van der Waals surface area (Å²) in [5.74, 6) is 2.16. The number of ether oxygens (including phenoxy) is 3. The fourth-order valence-electron chi connectivity index (χ4n) is 4.70. The van der Waals surface area contributed by atoms with Gasteiger partial charge in [0.05, 0.1) is 7.11 Å². The average Bonchev–Trinajstić information content (AvgIpc) is 3.26. The van der Waals surface area contributed by atoms with E-state index in [1.807, 2.05) is 42.5 Å². The number of hydrogen-bond acceptors (Lipinski definition) is 5. The molecule has 2 aliphatic rings. The summed E-state index contributed by atoms with van der Waals surface area (Å²) in [4.78, 5) is 2.40. The van der Waals surface area contributed by atoms with Crippen molar-refractivity contribution in [1.82, 2.24) is 4.90 Å². The third kappa shape index (κ3) is 3.68. The lowest BCUT2D eigenvalue weighted by Crippen LogP contribution is -2.51. The molecule has 0 amide bonds. The quantitative estimate of drug-likeness (QED) is 0.693. The Hall–Kier alpha value is -2.50. The van der Waals surface area contributed by atoms with Crippen LogP contribution in [0.2, 0.25) is 0 Å². The predicted octanol–water partition coefficient (Wildman–Crippen LogP) is 4.26. The number of likely N-dealkylation sites (tertiary alicyclic amines) is 1. The van der Waals surface area contributed by atoms with Crippen molar-refractivity contribution < 1.29 is 19.3 Å². The van der Waals surface area contributed by atoms with E-state index in [4.69, 9.17) is 14.2 Å². The molecule has 30 heavy (non-hydrogen) atoms. The summed E-state index contributed by atoms with van der Waals surface area (Å²) in [6, 6.07) is 11.5. The molecule has 2 aromatic rings. The molecule has 1 fully saturated rings. The normalized spacial score (nSPS) is 19.2. The maximum Gasteiger partial charge on any atom is 0.231 e. The number of allylic oxidation sites excluding steroid dienone is 1. The molecule has 1 saturated heterocycles. The van der Waals surface area contributed by atoms with Crippen LogP contribution in [0.3, 0.4) is 0 Å². The largest absolute Gasteiger partial charge is 0.497 e. The summed E-state index contributed by atoms with van der Waals surface area (Å²) in [5, 5.41) is 12.5. The summed E-state index contributed by atoms with van der Waals surface area (Å²) < 4.78 is 16.6. The van der Waals surface area contributed by atoms with Crippen molar-refractivity contribution in [3.63, 3.8) is 0 Å². The number of rotatable bonds is 7. The van der Waals surface area contributed by atoms with Crippen LogP contribution in [0.25, 0.3) is 0 Å². The third-order valence-electron chi connectivity index (χ3n) is 6.45. The van der Waals surface area contributed by atoms with E-state index in [9.17, 15) is 5.11 Å². The van der Waals surface area contributed by atoms with Crippen LogP contribution in [0.5, 0.6) is 17.2 Å². The van der Waals surface area contributed by atoms with Gasteiger partial charge in [0.25, 0.3) is 0 Å². The molecule has 0 radical (unpaired) electrons. The molecular weight excluding hydrogens is 378 g/mol. The summed E-state index contributed by atoms with van der Waals surface area (Å²) >= 11 is 0. The van der Waals surface area contributed by atoms with E-state index in [1.165, 1.54) is 6.42 Å². The minimum Gasteiger partial charge on any atom is -0.497 e. The van der Waals surface area contributed by atoms with E-state index < -0.39 is 5.60 Å². The van der Waals surface area contributed by atoms with Crippen LogP contribution in [-0.2, 0) is 12.0 Å². The molecule has 4 rings (SSSR count). The highest BCUT2D eigenvalue weighted by Crippen LogP contribution is 2.44. The van der Waals surface area contributed by atoms with Gasteiger partial charge in [0.2, 0.25) is 6.79 Å². The molecular formula is C25H31NO4. The van der Waals surface area contributed by atoms with Crippen LogP contribution >= 0.6 is 0 Å². The van der Waals surface area contributed by atoms with Gasteiger partial charge in [0.1, 0.15) is 11.4 Å². The zero-order chi connectivity index (χ0) is 21.1. The van der Waals surface area contributed by atoms with Crippen molar-refractivity contribution in [1.29, 1.82) is 0 Å². The van der Waals surface area contributed by atoms with E-state index in [2.05, 4.69) is 18.4 Å². The molecule has 2 aromatic carbocycles. The molecule has 0 aliphatic carbocycles. The van der Waals surface area contributed by atoms with Gasteiger partial charge < -0.3 is 19.3 Å². The topological polar surface area (TPSA) is 51.2 Å². The van der Waals surface area contributed by atoms with Gasteiger partial charge in [-0.25, -0.2) is 0 Å². The van der Waals surface area contributed by atoms with Gasteiger partial charge in [-0.05, 0) is 80.2 Å². The van der Waals surface area contributed by atoms with Gasteiger partial charge in [-0.2, -0.15) is 0 Å². The number of benzene rings is 2. The molecule has 2 heterocycles. The average molecular weight is 410 g/mol. The molecule has 0 saturated carbocycles. The van der Waals surface area contributed by atoms with Crippen LogP contribution < -0.4 is 14.2 Å². The van der Waals surface area contributed by atoms with Gasteiger partial charge in [-0.15, -0.1) is 6.58 Å². The standard InChI is InChI=1S/C25H31NO4/c1-4-8-19-15-23-24(30-17-29-23)16-22(19)25(27,18(2)26-13-6-5-7-14-26)20-9-11-21(28-3)12-10-20/h4,9-12,15-16,18,27H,1,5-8,13-14,17H2,2-3H3. The fraction of sp³-hybridized carbons (Fsp3) is 0.440. The highest BCUT2D eigenvalue weighted by Gasteiger charge is 2.43. The second-order valence-electron chi connectivity index (χ2n) is 8.12. The highest BCUT2D eigenvalue weighted by molar-refractivity contribution is 5.54. The summed E-state index contributed by atoms with van der Waals surface area (Å²) in [7, 11) is 1.65. The summed E-state index contributed by atoms with van der Waals surface area (Å²) in [6.07, 6.45) is 6.06. The van der Waals surface area contributed by atoms with Gasteiger partial charge in [-0.3, -0.25) is 4.90 Å². The first-order valence-electron chi connectivity index (χ1n) is 10.7. The number of fused-ring (bicyclic) bond motifs is 1. The Bertz CT molecular complexity index is 889. The number of aliphatic hydroxyl groups is 1. The Kier molecular flexibility index (Phi) is 6.02. The lowest BCUT2D eigenvalue weighted by molar-refractivity contribution is -0.0201. The van der Waals surface area contributed by atoms with Crippen LogP contribution in [0.4, 0.5) is 0 Å². The Labute approximate surface area is 178 Å². The number of nitrogens with zero attached hydrogens (tertiary/aromatic N) is 1. The molecule has 0 bridgehead atoms. The van der Waals surface area contributed by atoms with E-state index in [0.717, 1.165) is 54.1 Å². The first kappa shape index (κ1) is 20.8. The van der Waals surface area contributed by atoms with Gasteiger partial charge >= 0.3 is 0 Å². The lowest BCUT2D eigenvalue weighted by atomic mass is 9.77. The van der Waals surface area contributed by atoms with Gasteiger partial charge in [0.15, 0.2) is 11.5 Å². The number of hydrogen-bond donors (Lipinski definition) is 1. The smallest absolute Gasteiger partial charge is 0.231 e. The highest BCUT2D eigenvalue weighted by atomic mass is 16.7. The minimum absolute atomic E-state index is 0.116. The maximum atomic E-state index is 12.5. The summed E-state index contributed by atoms with van der Waals surface area (Å²) in [6.45, 7) is 8.22. The van der Waals surface area contributed by atoms with Crippen molar-refractivity contribution in [2.45, 2.75) is 44.2 Å². The lowest BCUT2D eigenvalue weighted by Gasteiger charge is -2.44. The summed E-state index contributed by atoms with van der Waals surface area (Å²) in [5.41, 5.74) is 1.46. The predicted molar refractivity (Wildman–Crippen MR) is 117 cm³/mol. The molecule has 2 unspecified atom stereocenters. The van der Waals surface area contributed by atoms with Crippen LogP contribution in [0, 0.1) is 0 Å².